The third-order valence-corrected chi connectivity index (χ3v) is 2.41. The summed E-state index contributed by atoms with van der Waals surface area (Å²) < 4.78 is 10.2. The zero-order chi connectivity index (χ0) is 12.3. The number of non-ortho nitro benzene ring substituents is 1. The van der Waals surface area contributed by atoms with Crippen molar-refractivity contribution in [1.29, 1.82) is 0 Å². The van der Waals surface area contributed by atoms with Crippen molar-refractivity contribution in [3.63, 3.8) is 0 Å². The van der Waals surface area contributed by atoms with E-state index in [4.69, 9.17) is 20.8 Å². The van der Waals surface area contributed by atoms with E-state index in [1.165, 1.54) is 30.7 Å². The molecule has 88 valence electrons. The molecule has 5 nitrogen and oxygen atoms in total. The van der Waals surface area contributed by atoms with Crippen LogP contribution in [0.4, 0.5) is 5.69 Å². The second kappa shape index (κ2) is 4.88. The molecule has 0 saturated heterocycles. The number of rotatable bonds is 4. The molecular weight excluding hydrogens is 246 g/mol. The van der Waals surface area contributed by atoms with Gasteiger partial charge in [0.15, 0.2) is 0 Å². The lowest BCUT2D eigenvalue weighted by molar-refractivity contribution is -0.384. The Bertz CT molecular complexity index is 524. The van der Waals surface area contributed by atoms with Crippen LogP contribution in [-0.2, 0) is 6.61 Å². The molecule has 0 amide bonds. The zero-order valence-electron chi connectivity index (χ0n) is 8.63. The van der Waals surface area contributed by atoms with E-state index in [1.807, 2.05) is 0 Å². The Kier molecular flexibility index (Phi) is 3.30. The summed E-state index contributed by atoms with van der Waals surface area (Å²) in [5.74, 6) is 0.280. The first-order valence-electron chi connectivity index (χ1n) is 4.74. The van der Waals surface area contributed by atoms with Crippen molar-refractivity contribution in [2.45, 2.75) is 6.61 Å². The first-order valence-corrected chi connectivity index (χ1v) is 5.12. The van der Waals surface area contributed by atoms with Gasteiger partial charge in [0.05, 0.1) is 28.5 Å². The van der Waals surface area contributed by atoms with E-state index in [0.717, 1.165) is 5.56 Å². The standard InChI is InChI=1S/C11H8ClNO4/c12-10-2-1-9(13(14)15)5-11(10)17-7-8-3-4-16-6-8/h1-6H,7H2. The number of nitrogens with zero attached hydrogens (tertiary/aromatic N) is 1. The molecule has 0 N–H and O–H groups in total. The third-order valence-electron chi connectivity index (χ3n) is 2.10. The van der Waals surface area contributed by atoms with E-state index in [1.54, 1.807) is 6.07 Å². The number of nitro benzene ring substituents is 1. The average molecular weight is 254 g/mol. The van der Waals surface area contributed by atoms with Gasteiger partial charge in [-0.05, 0) is 12.1 Å². The van der Waals surface area contributed by atoms with Gasteiger partial charge >= 0.3 is 0 Å². The number of furan rings is 1. The summed E-state index contributed by atoms with van der Waals surface area (Å²) >= 11 is 5.87. The van der Waals surface area contributed by atoms with Crippen molar-refractivity contribution in [3.05, 3.63) is 57.5 Å². The van der Waals surface area contributed by atoms with E-state index in [-0.39, 0.29) is 18.0 Å². The summed E-state index contributed by atoms with van der Waals surface area (Å²) in [5, 5.41) is 10.9. The van der Waals surface area contributed by atoms with E-state index in [0.29, 0.717) is 5.02 Å². The summed E-state index contributed by atoms with van der Waals surface area (Å²) in [6.07, 6.45) is 3.05. The minimum absolute atomic E-state index is 0.0587. The lowest BCUT2D eigenvalue weighted by Gasteiger charge is -2.06. The fourth-order valence-electron chi connectivity index (χ4n) is 1.25. The fourth-order valence-corrected chi connectivity index (χ4v) is 1.42. The monoisotopic (exact) mass is 253 g/mol. The molecule has 0 radical (unpaired) electrons. The summed E-state index contributed by atoms with van der Waals surface area (Å²) in [6, 6.07) is 5.80. The van der Waals surface area contributed by atoms with Gasteiger partial charge in [-0.15, -0.1) is 0 Å². The number of halogens is 1. The van der Waals surface area contributed by atoms with Crippen molar-refractivity contribution in [2.75, 3.05) is 0 Å². The number of nitro groups is 1. The number of hydrogen-bond donors (Lipinski definition) is 0. The summed E-state index contributed by atoms with van der Waals surface area (Å²) in [4.78, 5) is 10.1. The van der Waals surface area contributed by atoms with Crippen molar-refractivity contribution in [2.24, 2.45) is 0 Å². The van der Waals surface area contributed by atoms with E-state index in [9.17, 15) is 10.1 Å². The Morgan fingerprint density at radius 2 is 2.24 bits per heavy atom. The maximum atomic E-state index is 10.6. The molecule has 1 aromatic carbocycles. The Morgan fingerprint density at radius 1 is 1.41 bits per heavy atom. The molecule has 17 heavy (non-hydrogen) atoms. The highest BCUT2D eigenvalue weighted by atomic mass is 35.5. The maximum Gasteiger partial charge on any atom is 0.273 e. The number of hydrogen-bond acceptors (Lipinski definition) is 4. The van der Waals surface area contributed by atoms with Gasteiger partial charge in [0.2, 0.25) is 0 Å². The normalized spacial score (nSPS) is 10.2. The van der Waals surface area contributed by atoms with Crippen LogP contribution in [0, 0.1) is 10.1 Å². The van der Waals surface area contributed by atoms with Crippen LogP contribution >= 0.6 is 11.6 Å². The SMILES string of the molecule is O=[N+]([O-])c1ccc(Cl)c(OCc2ccoc2)c1. The van der Waals surface area contributed by atoms with Crippen LogP contribution in [0.2, 0.25) is 5.02 Å². The van der Waals surface area contributed by atoms with Gasteiger partial charge < -0.3 is 9.15 Å². The van der Waals surface area contributed by atoms with E-state index < -0.39 is 4.92 Å². The van der Waals surface area contributed by atoms with Crippen LogP contribution in [0.5, 0.6) is 5.75 Å². The molecule has 0 bridgehead atoms. The van der Waals surface area contributed by atoms with Gasteiger partial charge in [-0.2, -0.15) is 0 Å². The van der Waals surface area contributed by atoms with Crippen LogP contribution in [-0.4, -0.2) is 4.92 Å². The molecule has 0 saturated carbocycles. The Balaban J connectivity index is 2.14. The summed E-state index contributed by atoms with van der Waals surface area (Å²) in [7, 11) is 0. The molecule has 1 heterocycles. The van der Waals surface area contributed by atoms with Crippen LogP contribution in [0.15, 0.2) is 41.2 Å². The first-order chi connectivity index (χ1) is 8.16. The van der Waals surface area contributed by atoms with E-state index >= 15 is 0 Å². The van der Waals surface area contributed by atoms with Gasteiger partial charge in [0.25, 0.3) is 5.69 Å². The third kappa shape index (κ3) is 2.76. The smallest absolute Gasteiger partial charge is 0.273 e. The molecule has 0 spiro atoms. The highest BCUT2D eigenvalue weighted by Gasteiger charge is 2.10. The van der Waals surface area contributed by atoms with Crippen molar-refractivity contribution in [1.82, 2.24) is 0 Å². The molecular formula is C11H8ClNO4. The predicted molar refractivity (Wildman–Crippen MR) is 61.1 cm³/mol. The highest BCUT2D eigenvalue weighted by Crippen LogP contribution is 2.29. The topological polar surface area (TPSA) is 65.5 Å². The molecule has 0 fully saturated rings. The lowest BCUT2D eigenvalue weighted by Crippen LogP contribution is -1.96. The molecule has 1 aromatic heterocycles. The highest BCUT2D eigenvalue weighted by molar-refractivity contribution is 6.32. The van der Waals surface area contributed by atoms with Crippen molar-refractivity contribution in [3.8, 4) is 5.75 Å². The van der Waals surface area contributed by atoms with Gasteiger partial charge in [0, 0.05) is 11.6 Å². The van der Waals surface area contributed by atoms with Gasteiger partial charge in [-0.1, -0.05) is 11.6 Å². The predicted octanol–water partition coefficient (Wildman–Crippen LogP) is 3.42. The maximum absolute atomic E-state index is 10.6. The first kappa shape index (κ1) is 11.5. The minimum Gasteiger partial charge on any atom is -0.487 e. The van der Waals surface area contributed by atoms with Crippen LogP contribution in [0.1, 0.15) is 5.56 Å². The zero-order valence-corrected chi connectivity index (χ0v) is 9.39. The lowest BCUT2D eigenvalue weighted by atomic mass is 10.3. The van der Waals surface area contributed by atoms with Crippen molar-refractivity contribution >= 4 is 17.3 Å². The Labute approximate surface area is 102 Å². The average Bonchev–Trinajstić information content (AvgIpc) is 2.80. The Morgan fingerprint density at radius 3 is 2.88 bits per heavy atom. The quantitative estimate of drug-likeness (QED) is 0.618. The second-order valence-electron chi connectivity index (χ2n) is 3.29. The number of ether oxygens (including phenoxy) is 1. The van der Waals surface area contributed by atoms with Crippen molar-refractivity contribution < 1.29 is 14.1 Å². The van der Waals surface area contributed by atoms with Gasteiger partial charge in [0.1, 0.15) is 12.4 Å². The molecule has 0 unspecified atom stereocenters. The molecule has 0 atom stereocenters. The van der Waals surface area contributed by atoms with Crippen LogP contribution in [0.25, 0.3) is 0 Å². The minimum atomic E-state index is -0.499. The summed E-state index contributed by atoms with van der Waals surface area (Å²) in [5.41, 5.74) is 0.768. The largest absolute Gasteiger partial charge is 0.487 e. The molecule has 0 aliphatic rings. The van der Waals surface area contributed by atoms with Crippen LogP contribution < -0.4 is 4.74 Å². The molecule has 6 heteroatoms. The Hall–Kier alpha value is -2.01. The van der Waals surface area contributed by atoms with Gasteiger partial charge in [-0.3, -0.25) is 10.1 Å². The second-order valence-corrected chi connectivity index (χ2v) is 3.70. The molecule has 0 aliphatic heterocycles. The molecule has 2 aromatic rings. The number of benzene rings is 1. The molecule has 2 rings (SSSR count). The van der Waals surface area contributed by atoms with Gasteiger partial charge in [-0.25, -0.2) is 0 Å². The molecule has 0 aliphatic carbocycles. The van der Waals surface area contributed by atoms with Crippen LogP contribution in [0.3, 0.4) is 0 Å². The fraction of sp³-hybridized carbons (Fsp3) is 0.0909. The van der Waals surface area contributed by atoms with E-state index in [2.05, 4.69) is 0 Å². The summed E-state index contributed by atoms with van der Waals surface area (Å²) in [6.45, 7) is 0.247.